The molecule has 1 aromatic carbocycles. The van der Waals surface area contributed by atoms with Gasteiger partial charge in [0.25, 0.3) is 0 Å². The largest absolute Gasteiger partial charge is 0.466 e. The fourth-order valence-electron chi connectivity index (χ4n) is 2.49. The summed E-state index contributed by atoms with van der Waals surface area (Å²) in [6, 6.07) is 9.91. The lowest BCUT2D eigenvalue weighted by Crippen LogP contribution is -2.20. The Balaban J connectivity index is 1.66. The van der Waals surface area contributed by atoms with E-state index >= 15 is 0 Å². The minimum atomic E-state index is -0.0386. The minimum Gasteiger partial charge on any atom is -0.466 e. The van der Waals surface area contributed by atoms with Crippen LogP contribution in [0.1, 0.15) is 43.2 Å². The second-order valence-electron chi connectivity index (χ2n) is 5.13. The van der Waals surface area contributed by atoms with Crippen LogP contribution in [0.4, 0.5) is 0 Å². The van der Waals surface area contributed by atoms with E-state index < -0.39 is 0 Å². The van der Waals surface area contributed by atoms with Crippen molar-refractivity contribution in [2.24, 2.45) is 5.92 Å². The third kappa shape index (κ3) is 4.40. The highest BCUT2D eigenvalue weighted by Gasteiger charge is 2.19. The smallest absolute Gasteiger partial charge is 0.306 e. The lowest BCUT2D eigenvalue weighted by Gasteiger charge is -2.20. The van der Waals surface area contributed by atoms with E-state index in [1.54, 1.807) is 0 Å². The van der Waals surface area contributed by atoms with E-state index in [0.29, 0.717) is 24.5 Å². The monoisotopic (exact) mass is 257 g/mol. The summed E-state index contributed by atoms with van der Waals surface area (Å²) in [5.41, 5.74) is 1.99. The van der Waals surface area contributed by atoms with Crippen LogP contribution in [0.3, 0.4) is 0 Å². The molecule has 0 saturated carbocycles. The van der Waals surface area contributed by atoms with Gasteiger partial charge in [0.05, 0.1) is 18.2 Å². The van der Waals surface area contributed by atoms with Crippen molar-refractivity contribution >= 4 is 5.97 Å². The second kappa shape index (κ2) is 6.94. The molecule has 100 valence electrons. The summed E-state index contributed by atoms with van der Waals surface area (Å²) in [7, 11) is 0. The molecule has 0 bridgehead atoms. The predicted molar refractivity (Wildman–Crippen MR) is 72.4 cm³/mol. The number of hydrogen-bond acceptors (Lipinski definition) is 3. The third-order valence-corrected chi connectivity index (χ3v) is 3.66. The standard InChI is InChI=1S/C16H19NO2/c17-12-15-7-5-13(6-8-15)3-1-2-4-14-9-10-19-16(18)11-14/h5-8,14H,1-4,9-11H2. The molecule has 1 unspecified atom stereocenters. The number of carbonyl (C=O) groups excluding carboxylic acids is 1. The highest BCUT2D eigenvalue weighted by atomic mass is 16.5. The molecule has 1 aromatic rings. The van der Waals surface area contributed by atoms with Gasteiger partial charge in [0.1, 0.15) is 0 Å². The van der Waals surface area contributed by atoms with E-state index in [0.717, 1.165) is 32.1 Å². The summed E-state index contributed by atoms with van der Waals surface area (Å²) in [6.45, 7) is 0.596. The number of ether oxygens (including phenoxy) is 1. The molecule has 1 aliphatic heterocycles. The normalized spacial score (nSPS) is 18.7. The number of nitrogens with zero attached hydrogens (tertiary/aromatic N) is 1. The summed E-state index contributed by atoms with van der Waals surface area (Å²) in [6.07, 6.45) is 6.06. The zero-order chi connectivity index (χ0) is 13.5. The van der Waals surface area contributed by atoms with Crippen molar-refractivity contribution in [2.45, 2.75) is 38.5 Å². The molecular formula is C16H19NO2. The van der Waals surface area contributed by atoms with Crippen molar-refractivity contribution in [3.63, 3.8) is 0 Å². The molecule has 3 heteroatoms. The van der Waals surface area contributed by atoms with Crippen LogP contribution in [0.2, 0.25) is 0 Å². The lowest BCUT2D eigenvalue weighted by molar-refractivity contribution is -0.149. The zero-order valence-corrected chi connectivity index (χ0v) is 11.1. The Kier molecular flexibility index (Phi) is 4.97. The molecule has 2 rings (SSSR count). The minimum absolute atomic E-state index is 0.0386. The van der Waals surface area contributed by atoms with Gasteiger partial charge in [-0.2, -0.15) is 5.26 Å². The highest BCUT2D eigenvalue weighted by molar-refractivity contribution is 5.70. The van der Waals surface area contributed by atoms with Gasteiger partial charge >= 0.3 is 5.97 Å². The summed E-state index contributed by atoms with van der Waals surface area (Å²) < 4.78 is 4.94. The first-order chi connectivity index (χ1) is 9.28. The number of cyclic esters (lactones) is 1. The van der Waals surface area contributed by atoms with Gasteiger partial charge in [-0.25, -0.2) is 0 Å². The first-order valence-electron chi connectivity index (χ1n) is 6.92. The van der Waals surface area contributed by atoms with Gasteiger partial charge < -0.3 is 4.74 Å². The van der Waals surface area contributed by atoms with Gasteiger partial charge in [-0.3, -0.25) is 4.79 Å². The number of unbranched alkanes of at least 4 members (excludes halogenated alkanes) is 1. The third-order valence-electron chi connectivity index (χ3n) is 3.66. The Morgan fingerprint density at radius 2 is 2.05 bits per heavy atom. The van der Waals surface area contributed by atoms with Crippen molar-refractivity contribution < 1.29 is 9.53 Å². The van der Waals surface area contributed by atoms with E-state index in [-0.39, 0.29) is 5.97 Å². The molecule has 1 fully saturated rings. The Morgan fingerprint density at radius 3 is 2.74 bits per heavy atom. The molecule has 1 saturated heterocycles. The molecule has 19 heavy (non-hydrogen) atoms. The maximum Gasteiger partial charge on any atom is 0.306 e. The molecule has 0 amide bonds. The number of rotatable bonds is 5. The summed E-state index contributed by atoms with van der Waals surface area (Å²) in [5.74, 6) is 0.477. The Hall–Kier alpha value is -1.82. The number of esters is 1. The lowest BCUT2D eigenvalue weighted by atomic mass is 9.93. The van der Waals surface area contributed by atoms with Crippen molar-refractivity contribution in [1.29, 1.82) is 5.26 Å². The van der Waals surface area contributed by atoms with E-state index in [4.69, 9.17) is 10.00 Å². The molecular weight excluding hydrogens is 238 g/mol. The van der Waals surface area contributed by atoms with Crippen LogP contribution in [0.5, 0.6) is 0 Å². The molecule has 0 aromatic heterocycles. The number of hydrogen-bond donors (Lipinski definition) is 0. The van der Waals surface area contributed by atoms with Gasteiger partial charge in [-0.05, 0) is 49.3 Å². The Morgan fingerprint density at radius 1 is 1.26 bits per heavy atom. The van der Waals surface area contributed by atoms with Crippen molar-refractivity contribution in [3.05, 3.63) is 35.4 Å². The quantitative estimate of drug-likeness (QED) is 0.601. The zero-order valence-electron chi connectivity index (χ0n) is 11.1. The van der Waals surface area contributed by atoms with Crippen LogP contribution in [0, 0.1) is 17.2 Å². The highest BCUT2D eigenvalue weighted by Crippen LogP contribution is 2.22. The second-order valence-corrected chi connectivity index (χ2v) is 5.13. The first-order valence-corrected chi connectivity index (χ1v) is 6.92. The van der Waals surface area contributed by atoms with Gasteiger partial charge in [0, 0.05) is 6.42 Å². The summed E-state index contributed by atoms with van der Waals surface area (Å²) >= 11 is 0. The van der Waals surface area contributed by atoms with E-state index in [2.05, 4.69) is 6.07 Å². The number of aryl methyl sites for hydroxylation is 1. The van der Waals surface area contributed by atoms with Crippen LogP contribution < -0.4 is 0 Å². The first kappa shape index (κ1) is 13.6. The van der Waals surface area contributed by atoms with Crippen molar-refractivity contribution in [1.82, 2.24) is 0 Å². The summed E-state index contributed by atoms with van der Waals surface area (Å²) in [5, 5.41) is 8.72. The van der Waals surface area contributed by atoms with E-state index in [9.17, 15) is 4.79 Å². The topological polar surface area (TPSA) is 50.1 Å². The molecule has 1 atom stereocenters. The van der Waals surface area contributed by atoms with E-state index in [1.165, 1.54) is 5.56 Å². The predicted octanol–water partition coefficient (Wildman–Crippen LogP) is 3.22. The van der Waals surface area contributed by atoms with Gasteiger partial charge in [-0.15, -0.1) is 0 Å². The molecule has 3 nitrogen and oxygen atoms in total. The average molecular weight is 257 g/mol. The molecule has 1 heterocycles. The average Bonchev–Trinajstić information content (AvgIpc) is 2.44. The van der Waals surface area contributed by atoms with Crippen LogP contribution in [-0.2, 0) is 16.0 Å². The molecule has 1 aliphatic rings. The Bertz CT molecular complexity index is 459. The van der Waals surface area contributed by atoms with Gasteiger partial charge in [0.15, 0.2) is 0 Å². The fourth-order valence-corrected chi connectivity index (χ4v) is 2.49. The van der Waals surface area contributed by atoms with Gasteiger partial charge in [-0.1, -0.05) is 18.6 Å². The van der Waals surface area contributed by atoms with Crippen molar-refractivity contribution in [2.75, 3.05) is 6.61 Å². The van der Waals surface area contributed by atoms with Crippen LogP contribution >= 0.6 is 0 Å². The van der Waals surface area contributed by atoms with Crippen LogP contribution in [-0.4, -0.2) is 12.6 Å². The van der Waals surface area contributed by atoms with Crippen LogP contribution in [0.25, 0.3) is 0 Å². The number of benzene rings is 1. The van der Waals surface area contributed by atoms with Crippen molar-refractivity contribution in [3.8, 4) is 6.07 Å². The maximum atomic E-state index is 11.1. The van der Waals surface area contributed by atoms with Crippen LogP contribution in [0.15, 0.2) is 24.3 Å². The number of nitriles is 1. The summed E-state index contributed by atoms with van der Waals surface area (Å²) in [4.78, 5) is 11.1. The maximum absolute atomic E-state index is 11.1. The van der Waals surface area contributed by atoms with Gasteiger partial charge in [0.2, 0.25) is 0 Å². The molecule has 0 N–H and O–H groups in total. The Labute approximate surface area is 114 Å². The molecule has 0 aliphatic carbocycles. The fraction of sp³-hybridized carbons (Fsp3) is 0.500. The molecule has 0 spiro atoms. The SMILES string of the molecule is N#Cc1ccc(CCCCC2CCOC(=O)C2)cc1. The molecule has 0 radical (unpaired) electrons. The number of carbonyl (C=O) groups is 1. The van der Waals surface area contributed by atoms with E-state index in [1.807, 2.05) is 24.3 Å².